The first-order valence-electron chi connectivity index (χ1n) is 2.52. The number of hydrogen-bond acceptors (Lipinski definition) is 2. The van der Waals surface area contributed by atoms with Crippen LogP contribution in [0.5, 0.6) is 0 Å². The van der Waals surface area contributed by atoms with Gasteiger partial charge in [0.1, 0.15) is 0 Å². The van der Waals surface area contributed by atoms with E-state index in [4.69, 9.17) is 0 Å². The third-order valence-electron chi connectivity index (χ3n) is 1.20. The zero-order valence-corrected chi connectivity index (χ0v) is 4.58. The van der Waals surface area contributed by atoms with Gasteiger partial charge in [0.05, 0.1) is 5.29 Å². The van der Waals surface area contributed by atoms with Crippen LogP contribution in [0.25, 0.3) is 0 Å². The molecule has 1 saturated heterocycles. The van der Waals surface area contributed by atoms with Crippen molar-refractivity contribution in [3.8, 4) is 0 Å². The Morgan fingerprint density at radius 2 is 1.75 bits per heavy atom. The molecule has 45 valence electrons. The lowest BCUT2D eigenvalue weighted by Gasteiger charge is -2.00. The molecule has 1 heterocycles. The molecule has 1 aliphatic heterocycles. The van der Waals surface area contributed by atoms with E-state index in [1.807, 2.05) is 0 Å². The topological polar surface area (TPSA) is 63.2 Å². The second kappa shape index (κ2) is 3.37. The molecule has 1 rings (SSSR count). The lowest BCUT2D eigenvalue weighted by molar-refractivity contribution is 0.355. The highest BCUT2D eigenvalue weighted by molar-refractivity contribution is 4.59. The van der Waals surface area contributed by atoms with Gasteiger partial charge in [-0.1, -0.05) is 0 Å². The molecule has 0 aromatic carbocycles. The van der Waals surface area contributed by atoms with Crippen molar-refractivity contribution in [2.75, 3.05) is 13.1 Å². The summed E-state index contributed by atoms with van der Waals surface area (Å²) >= 11 is 0. The van der Waals surface area contributed by atoms with Crippen LogP contribution in [0.1, 0.15) is 12.8 Å². The van der Waals surface area contributed by atoms with E-state index in [1.54, 1.807) is 5.01 Å². The van der Waals surface area contributed by atoms with Crippen LogP contribution in [0.2, 0.25) is 0 Å². The molecular formula is C4H8N3O. The van der Waals surface area contributed by atoms with Crippen LogP contribution >= 0.6 is 0 Å². The van der Waals surface area contributed by atoms with Crippen LogP contribution in [0.15, 0.2) is 5.29 Å². The maximum Gasteiger partial charge on any atom is 0.0523 e. The Balaban J connectivity index is 0.000000490. The van der Waals surface area contributed by atoms with Gasteiger partial charge >= 0.3 is 0 Å². The number of nitrogens with zero attached hydrogens (tertiary/aromatic N) is 3. The molecule has 0 aromatic heterocycles. The third-order valence-corrected chi connectivity index (χ3v) is 1.20. The van der Waals surface area contributed by atoms with Crippen molar-refractivity contribution in [2.45, 2.75) is 12.8 Å². The molecule has 1 aliphatic rings. The molecule has 0 aromatic rings. The van der Waals surface area contributed by atoms with Gasteiger partial charge in [0, 0.05) is 19.2 Å². The normalized spacial score (nSPS) is 17.8. The zero-order valence-electron chi connectivity index (χ0n) is 4.58. The largest absolute Gasteiger partial charge is 0.261 e. The first-order valence-corrected chi connectivity index (χ1v) is 2.52. The van der Waals surface area contributed by atoms with Gasteiger partial charge in [0.2, 0.25) is 0 Å². The minimum absolute atomic E-state index is 0. The van der Waals surface area contributed by atoms with Crippen molar-refractivity contribution in [3.63, 3.8) is 0 Å². The van der Waals surface area contributed by atoms with Gasteiger partial charge < -0.3 is 0 Å². The van der Waals surface area contributed by atoms with Crippen LogP contribution in [-0.4, -0.2) is 18.1 Å². The molecule has 8 heavy (non-hydrogen) atoms. The Bertz CT molecular complexity index is 69.7. The Morgan fingerprint density at radius 3 is 2.00 bits per heavy atom. The van der Waals surface area contributed by atoms with Gasteiger partial charge in [-0.25, -0.2) is 0 Å². The zero-order chi connectivity index (χ0) is 5.11. The minimum Gasteiger partial charge on any atom is -0.261 e. The average molecular weight is 114 g/mol. The quantitative estimate of drug-likeness (QED) is 0.459. The minimum atomic E-state index is 0. The summed E-state index contributed by atoms with van der Waals surface area (Å²) in [4.78, 5) is 9.68. The highest BCUT2D eigenvalue weighted by Gasteiger charge is 2.08. The first-order chi connectivity index (χ1) is 3.43. The molecule has 4 heteroatoms. The van der Waals surface area contributed by atoms with Crippen molar-refractivity contribution < 1.29 is 0 Å². The predicted octanol–water partition coefficient (Wildman–Crippen LogP) is 0.283. The van der Waals surface area contributed by atoms with Gasteiger partial charge in [-0.05, 0) is 12.8 Å². The van der Waals surface area contributed by atoms with Crippen LogP contribution in [0, 0.1) is 4.91 Å². The molecule has 1 fully saturated rings. The van der Waals surface area contributed by atoms with Crippen LogP contribution < -0.4 is 6.15 Å². The van der Waals surface area contributed by atoms with Crippen molar-refractivity contribution in [3.05, 3.63) is 4.91 Å². The third kappa shape index (κ3) is 1.46. The molecule has 0 N–H and O–H groups in total. The fourth-order valence-electron chi connectivity index (χ4n) is 0.782. The van der Waals surface area contributed by atoms with Crippen molar-refractivity contribution in [1.29, 1.82) is 0 Å². The van der Waals surface area contributed by atoms with Crippen molar-refractivity contribution >= 4 is 0 Å². The lowest BCUT2D eigenvalue weighted by atomic mass is 10.4. The van der Waals surface area contributed by atoms with Crippen LogP contribution in [0.4, 0.5) is 0 Å². The Labute approximate surface area is 48.4 Å². The maximum atomic E-state index is 9.68. The SMILES string of the molecule is O=NN1CCCC1.[N]. The first kappa shape index (κ1) is 7.36. The molecular weight excluding hydrogens is 106 g/mol. The summed E-state index contributed by atoms with van der Waals surface area (Å²) in [6.45, 7) is 1.73. The number of nitroso groups, excluding NO2 is 1. The van der Waals surface area contributed by atoms with Gasteiger partial charge in [-0.2, -0.15) is 0 Å². The summed E-state index contributed by atoms with van der Waals surface area (Å²) < 4.78 is 0. The monoisotopic (exact) mass is 114 g/mol. The van der Waals surface area contributed by atoms with Gasteiger partial charge in [0.15, 0.2) is 0 Å². The van der Waals surface area contributed by atoms with E-state index < -0.39 is 0 Å². The lowest BCUT2D eigenvalue weighted by Crippen LogP contribution is -2.08. The Morgan fingerprint density at radius 1 is 1.25 bits per heavy atom. The van der Waals surface area contributed by atoms with Crippen LogP contribution in [-0.2, 0) is 0 Å². The molecule has 0 atom stereocenters. The summed E-state index contributed by atoms with van der Waals surface area (Å²) in [5, 5.41) is 4.33. The molecule has 0 bridgehead atoms. The molecule has 3 radical (unpaired) electrons. The summed E-state index contributed by atoms with van der Waals surface area (Å²) in [5.74, 6) is 0. The second-order valence-corrected chi connectivity index (χ2v) is 1.74. The van der Waals surface area contributed by atoms with E-state index in [-0.39, 0.29) is 6.15 Å². The smallest absolute Gasteiger partial charge is 0.0523 e. The summed E-state index contributed by atoms with van der Waals surface area (Å²) in [5.41, 5.74) is 0. The van der Waals surface area contributed by atoms with Gasteiger partial charge in [0.25, 0.3) is 0 Å². The Kier molecular flexibility index (Phi) is 3.10. The number of rotatable bonds is 1. The molecule has 0 amide bonds. The molecule has 0 unspecified atom stereocenters. The van der Waals surface area contributed by atoms with E-state index in [1.165, 1.54) is 0 Å². The molecule has 0 spiro atoms. The molecule has 4 nitrogen and oxygen atoms in total. The van der Waals surface area contributed by atoms with E-state index in [0.29, 0.717) is 0 Å². The van der Waals surface area contributed by atoms with E-state index >= 15 is 0 Å². The summed E-state index contributed by atoms with van der Waals surface area (Å²) in [6.07, 6.45) is 2.26. The summed E-state index contributed by atoms with van der Waals surface area (Å²) in [7, 11) is 0. The van der Waals surface area contributed by atoms with E-state index in [0.717, 1.165) is 25.9 Å². The molecule has 0 aliphatic carbocycles. The highest BCUT2D eigenvalue weighted by Crippen LogP contribution is 2.05. The molecule has 0 saturated carbocycles. The van der Waals surface area contributed by atoms with Crippen LogP contribution in [0.3, 0.4) is 0 Å². The van der Waals surface area contributed by atoms with Crippen molar-refractivity contribution in [2.24, 2.45) is 5.29 Å². The standard InChI is InChI=1S/C4H8N2O.N/c7-5-6-3-1-2-4-6;/h1-4H2;. The summed E-state index contributed by atoms with van der Waals surface area (Å²) in [6, 6.07) is 0. The number of hydrogen-bond donors (Lipinski definition) is 0. The van der Waals surface area contributed by atoms with Gasteiger partial charge in [-0.3, -0.25) is 5.01 Å². The Hall–Kier alpha value is -0.640. The van der Waals surface area contributed by atoms with Crippen molar-refractivity contribution in [1.82, 2.24) is 11.2 Å². The predicted molar refractivity (Wildman–Crippen MR) is 28.7 cm³/mol. The van der Waals surface area contributed by atoms with E-state index in [2.05, 4.69) is 5.29 Å². The second-order valence-electron chi connectivity index (χ2n) is 1.74. The van der Waals surface area contributed by atoms with Gasteiger partial charge in [-0.15, -0.1) is 4.91 Å². The highest BCUT2D eigenvalue weighted by atomic mass is 16.3. The van der Waals surface area contributed by atoms with E-state index in [9.17, 15) is 4.91 Å². The fraction of sp³-hybridized carbons (Fsp3) is 1.00. The fourth-order valence-corrected chi connectivity index (χ4v) is 0.782. The maximum absolute atomic E-state index is 9.68. The average Bonchev–Trinajstić information content (AvgIpc) is 2.14.